The molecule has 0 spiro atoms. The SMILES string of the molecule is C1CCC(CCCN2CCN3CCCCC3C2)NC1. The number of nitrogens with one attached hydrogen (secondary N) is 1. The van der Waals surface area contributed by atoms with Crippen LogP contribution in [0, 0.1) is 0 Å². The molecular weight excluding hydrogens is 234 g/mol. The third-order valence-electron chi connectivity index (χ3n) is 5.36. The molecule has 3 heteroatoms. The van der Waals surface area contributed by atoms with Crippen molar-refractivity contribution >= 4 is 0 Å². The molecule has 3 aliphatic rings. The van der Waals surface area contributed by atoms with Gasteiger partial charge in [0.2, 0.25) is 0 Å². The maximum Gasteiger partial charge on any atom is 0.0223 e. The van der Waals surface area contributed by atoms with Gasteiger partial charge < -0.3 is 10.2 Å². The van der Waals surface area contributed by atoms with Crippen LogP contribution in [-0.2, 0) is 0 Å². The van der Waals surface area contributed by atoms with Crippen LogP contribution < -0.4 is 5.32 Å². The zero-order valence-corrected chi connectivity index (χ0v) is 12.4. The van der Waals surface area contributed by atoms with Crippen molar-refractivity contribution in [3.8, 4) is 0 Å². The molecule has 3 aliphatic heterocycles. The molecule has 0 bridgehead atoms. The van der Waals surface area contributed by atoms with E-state index in [9.17, 15) is 0 Å². The summed E-state index contributed by atoms with van der Waals surface area (Å²) in [6.45, 7) is 7.94. The first kappa shape index (κ1) is 13.8. The molecule has 2 atom stereocenters. The van der Waals surface area contributed by atoms with E-state index < -0.39 is 0 Å². The summed E-state index contributed by atoms with van der Waals surface area (Å²) in [4.78, 5) is 5.47. The standard InChI is InChI=1S/C16H31N3/c1-3-9-17-15(6-1)7-5-10-18-12-13-19-11-4-2-8-16(19)14-18/h15-17H,1-14H2. The van der Waals surface area contributed by atoms with Gasteiger partial charge in [-0.3, -0.25) is 4.90 Å². The Bertz CT molecular complexity index is 263. The van der Waals surface area contributed by atoms with E-state index in [1.54, 1.807) is 0 Å². The van der Waals surface area contributed by atoms with Crippen molar-refractivity contribution in [1.82, 2.24) is 15.1 Å². The smallest absolute Gasteiger partial charge is 0.0223 e. The Morgan fingerprint density at radius 3 is 2.79 bits per heavy atom. The molecule has 3 fully saturated rings. The monoisotopic (exact) mass is 265 g/mol. The molecule has 3 heterocycles. The van der Waals surface area contributed by atoms with E-state index in [4.69, 9.17) is 0 Å². The van der Waals surface area contributed by atoms with Gasteiger partial charge in [-0.2, -0.15) is 0 Å². The van der Waals surface area contributed by atoms with Gasteiger partial charge in [0.25, 0.3) is 0 Å². The summed E-state index contributed by atoms with van der Waals surface area (Å²) in [5, 5.41) is 3.68. The molecule has 0 saturated carbocycles. The molecule has 1 N–H and O–H groups in total. The minimum Gasteiger partial charge on any atom is -0.314 e. The fourth-order valence-electron chi connectivity index (χ4n) is 4.16. The first-order chi connectivity index (χ1) is 9.42. The maximum atomic E-state index is 3.68. The second kappa shape index (κ2) is 7.05. The normalized spacial score (nSPS) is 34.1. The second-order valence-electron chi connectivity index (χ2n) is 6.78. The lowest BCUT2D eigenvalue weighted by molar-refractivity contribution is 0.0482. The van der Waals surface area contributed by atoms with E-state index in [1.165, 1.54) is 90.6 Å². The van der Waals surface area contributed by atoms with Crippen molar-refractivity contribution in [2.24, 2.45) is 0 Å². The summed E-state index contributed by atoms with van der Waals surface area (Å²) in [5.41, 5.74) is 0. The summed E-state index contributed by atoms with van der Waals surface area (Å²) < 4.78 is 0. The van der Waals surface area contributed by atoms with Crippen molar-refractivity contribution in [3.63, 3.8) is 0 Å². The van der Waals surface area contributed by atoms with Crippen LogP contribution in [0.5, 0.6) is 0 Å². The predicted octanol–water partition coefficient (Wildman–Crippen LogP) is 2.08. The Kier molecular flexibility index (Phi) is 5.14. The number of nitrogens with zero attached hydrogens (tertiary/aromatic N) is 2. The zero-order chi connectivity index (χ0) is 12.9. The summed E-state index contributed by atoms with van der Waals surface area (Å²) in [7, 11) is 0. The topological polar surface area (TPSA) is 18.5 Å². The Hall–Kier alpha value is -0.120. The van der Waals surface area contributed by atoms with Crippen LogP contribution in [-0.4, -0.2) is 61.2 Å². The highest BCUT2D eigenvalue weighted by molar-refractivity contribution is 4.85. The van der Waals surface area contributed by atoms with E-state index in [-0.39, 0.29) is 0 Å². The van der Waals surface area contributed by atoms with Crippen LogP contribution >= 0.6 is 0 Å². The number of piperidine rings is 2. The van der Waals surface area contributed by atoms with Crippen LogP contribution in [0.25, 0.3) is 0 Å². The van der Waals surface area contributed by atoms with E-state index >= 15 is 0 Å². The average Bonchev–Trinajstić information content (AvgIpc) is 2.48. The molecule has 0 aromatic heterocycles. The van der Waals surface area contributed by atoms with Crippen LogP contribution in [0.1, 0.15) is 51.4 Å². The molecule has 2 unspecified atom stereocenters. The molecule has 3 rings (SSSR count). The van der Waals surface area contributed by atoms with Gasteiger partial charge in [-0.25, -0.2) is 0 Å². The molecular formula is C16H31N3. The van der Waals surface area contributed by atoms with E-state index in [2.05, 4.69) is 15.1 Å². The maximum absolute atomic E-state index is 3.68. The molecule has 0 amide bonds. The zero-order valence-electron chi connectivity index (χ0n) is 12.4. The third-order valence-corrected chi connectivity index (χ3v) is 5.36. The fourth-order valence-corrected chi connectivity index (χ4v) is 4.16. The van der Waals surface area contributed by atoms with Gasteiger partial charge in [0.05, 0.1) is 0 Å². The largest absolute Gasteiger partial charge is 0.314 e. The highest BCUT2D eigenvalue weighted by Crippen LogP contribution is 2.21. The number of hydrogen-bond donors (Lipinski definition) is 1. The third kappa shape index (κ3) is 3.93. The highest BCUT2D eigenvalue weighted by Gasteiger charge is 2.28. The predicted molar refractivity (Wildman–Crippen MR) is 80.5 cm³/mol. The number of hydrogen-bond acceptors (Lipinski definition) is 3. The minimum absolute atomic E-state index is 0.824. The van der Waals surface area contributed by atoms with Gasteiger partial charge in [-0.1, -0.05) is 12.8 Å². The van der Waals surface area contributed by atoms with E-state index in [1.807, 2.05) is 0 Å². The Morgan fingerprint density at radius 1 is 0.947 bits per heavy atom. The van der Waals surface area contributed by atoms with Gasteiger partial charge >= 0.3 is 0 Å². The summed E-state index contributed by atoms with van der Waals surface area (Å²) in [6.07, 6.45) is 11.4. The summed E-state index contributed by atoms with van der Waals surface area (Å²) >= 11 is 0. The van der Waals surface area contributed by atoms with Crippen molar-refractivity contribution in [2.75, 3.05) is 39.3 Å². The van der Waals surface area contributed by atoms with Gasteiger partial charge in [-0.05, 0) is 58.2 Å². The number of rotatable bonds is 4. The van der Waals surface area contributed by atoms with Gasteiger partial charge in [-0.15, -0.1) is 0 Å². The lowest BCUT2D eigenvalue weighted by Crippen LogP contribution is -2.54. The van der Waals surface area contributed by atoms with Gasteiger partial charge in [0.15, 0.2) is 0 Å². The molecule has 110 valence electrons. The van der Waals surface area contributed by atoms with Crippen molar-refractivity contribution in [2.45, 2.75) is 63.5 Å². The first-order valence-electron chi connectivity index (χ1n) is 8.61. The molecule has 0 aliphatic carbocycles. The molecule has 19 heavy (non-hydrogen) atoms. The van der Waals surface area contributed by atoms with E-state index in [0.29, 0.717) is 0 Å². The van der Waals surface area contributed by atoms with Crippen LogP contribution in [0.2, 0.25) is 0 Å². The molecule has 3 nitrogen and oxygen atoms in total. The van der Waals surface area contributed by atoms with E-state index in [0.717, 1.165) is 12.1 Å². The molecule has 3 saturated heterocycles. The van der Waals surface area contributed by atoms with Crippen molar-refractivity contribution in [1.29, 1.82) is 0 Å². The lowest BCUT2D eigenvalue weighted by Gasteiger charge is -2.44. The summed E-state index contributed by atoms with van der Waals surface area (Å²) in [6, 6.07) is 1.71. The molecule has 0 aromatic carbocycles. The van der Waals surface area contributed by atoms with Crippen molar-refractivity contribution in [3.05, 3.63) is 0 Å². The van der Waals surface area contributed by atoms with Crippen molar-refractivity contribution < 1.29 is 0 Å². The average molecular weight is 265 g/mol. The quantitative estimate of drug-likeness (QED) is 0.839. The Labute approximate surface area is 118 Å². The number of piperazine rings is 1. The van der Waals surface area contributed by atoms with Crippen LogP contribution in [0.15, 0.2) is 0 Å². The first-order valence-corrected chi connectivity index (χ1v) is 8.61. The minimum atomic E-state index is 0.824. The lowest BCUT2D eigenvalue weighted by atomic mass is 9.98. The second-order valence-corrected chi connectivity index (χ2v) is 6.78. The fraction of sp³-hybridized carbons (Fsp3) is 1.00. The summed E-state index contributed by atoms with van der Waals surface area (Å²) in [5.74, 6) is 0. The van der Waals surface area contributed by atoms with Crippen LogP contribution in [0.4, 0.5) is 0 Å². The highest BCUT2D eigenvalue weighted by atomic mass is 15.3. The van der Waals surface area contributed by atoms with Gasteiger partial charge in [0.1, 0.15) is 0 Å². The Morgan fingerprint density at radius 2 is 1.89 bits per heavy atom. The Balaban J connectivity index is 1.34. The van der Waals surface area contributed by atoms with Gasteiger partial charge in [0, 0.05) is 31.7 Å². The molecule has 0 radical (unpaired) electrons. The van der Waals surface area contributed by atoms with Crippen LogP contribution in [0.3, 0.4) is 0 Å². The molecule has 0 aromatic rings. The number of fused-ring (bicyclic) bond motifs is 1.